The highest BCUT2D eigenvalue weighted by Crippen LogP contribution is 2.28. The molecule has 2 aliphatic rings. The number of fused-ring (bicyclic) bond motifs is 1. The summed E-state index contributed by atoms with van der Waals surface area (Å²) in [5, 5.41) is 5.84. The molecule has 4 aromatic carbocycles. The predicted octanol–water partition coefficient (Wildman–Crippen LogP) is 6.61. The Kier molecular flexibility index (Phi) is 15.5. The number of likely N-dealkylation sites (tertiary alicyclic amines) is 2. The summed E-state index contributed by atoms with van der Waals surface area (Å²) in [6.45, 7) is 1.35. The molecule has 0 radical (unpaired) electrons. The highest BCUT2D eigenvalue weighted by atomic mass is 16.6. The zero-order valence-corrected chi connectivity index (χ0v) is 35.4. The highest BCUT2D eigenvalue weighted by molar-refractivity contribution is 6.01. The first-order valence-electron chi connectivity index (χ1n) is 22.0. The SMILES string of the molecule is NCCCC[C@H](NC(=O)[C@@H]1C[C@@H](OC(=O)N2CCCCC2)CN1C(=O)C(NC(=O)OCc1ccccc1)C(Cc1ccccc1)Cc1ccccc1)C(=O)c1nc2ccccc2o1. The second kappa shape index (κ2) is 22.0. The van der Waals surface area contributed by atoms with Gasteiger partial charge in [-0.1, -0.05) is 103 Å². The van der Waals surface area contributed by atoms with Crippen molar-refractivity contribution < 1.29 is 37.9 Å². The maximum atomic E-state index is 15.4. The monoisotopic (exact) mass is 856 g/mol. The Morgan fingerprint density at radius 1 is 0.762 bits per heavy atom. The van der Waals surface area contributed by atoms with Crippen molar-refractivity contribution in [3.8, 4) is 0 Å². The Bertz CT molecular complexity index is 2210. The number of nitrogens with zero attached hydrogens (tertiary/aromatic N) is 3. The standard InChI is InChI=1S/C49H56N6O8/c50-26-14-13-24-40(44(56)46-52-39-23-11-12-25-42(39)63-46)51-45(57)41-31-38(62-49(60)54-27-15-4-16-28-54)32-55(41)47(58)43(53-48(59)61-33-36-21-9-3-10-22-36)37(29-34-17-5-1-6-18-34)30-35-19-7-2-8-20-35/h1-3,5-12,17-23,25,37-38,40-41,43H,4,13-16,24,26-33,50H2,(H,51,57)(H,53,59)/t38-,40+,41+,43?/m1/s1. The molecule has 5 aromatic rings. The minimum absolute atomic E-state index is 0.0292. The number of nitrogens with two attached hydrogens (primary N) is 1. The molecule has 2 saturated heterocycles. The molecule has 0 bridgehead atoms. The number of Topliss-reactive ketones (excluding diaryl/α,β-unsaturated/α-hetero) is 1. The minimum Gasteiger partial charge on any atom is -0.445 e. The molecule has 3 heterocycles. The summed E-state index contributed by atoms with van der Waals surface area (Å²) in [6.07, 6.45) is 2.68. The van der Waals surface area contributed by atoms with Crippen molar-refractivity contribution in [3.63, 3.8) is 0 Å². The van der Waals surface area contributed by atoms with Crippen LogP contribution < -0.4 is 16.4 Å². The highest BCUT2D eigenvalue weighted by Gasteiger charge is 2.46. The van der Waals surface area contributed by atoms with Gasteiger partial charge in [0.1, 0.15) is 30.3 Å². The molecule has 14 heteroatoms. The van der Waals surface area contributed by atoms with E-state index in [0.717, 1.165) is 36.0 Å². The fourth-order valence-electron chi connectivity index (χ4n) is 8.42. The number of para-hydroxylation sites is 2. The average Bonchev–Trinajstić information content (AvgIpc) is 3.96. The molecule has 2 aliphatic heterocycles. The van der Waals surface area contributed by atoms with Gasteiger partial charge in [-0.15, -0.1) is 0 Å². The van der Waals surface area contributed by atoms with Crippen LogP contribution in [0.5, 0.6) is 0 Å². The number of hydrogen-bond acceptors (Lipinski definition) is 10. The van der Waals surface area contributed by atoms with Crippen molar-refractivity contribution >= 4 is 40.9 Å². The summed E-state index contributed by atoms with van der Waals surface area (Å²) >= 11 is 0. The number of piperidine rings is 1. The number of unbranched alkanes of at least 4 members (excludes halogenated alkanes) is 1. The van der Waals surface area contributed by atoms with Crippen LogP contribution in [0.2, 0.25) is 0 Å². The van der Waals surface area contributed by atoms with E-state index in [4.69, 9.17) is 19.6 Å². The quantitative estimate of drug-likeness (QED) is 0.0640. The van der Waals surface area contributed by atoms with E-state index >= 15 is 4.79 Å². The molecule has 1 unspecified atom stereocenters. The van der Waals surface area contributed by atoms with Gasteiger partial charge in [0.15, 0.2) is 5.58 Å². The van der Waals surface area contributed by atoms with Crippen molar-refractivity contribution in [1.29, 1.82) is 0 Å². The number of ketones is 1. The van der Waals surface area contributed by atoms with Crippen LogP contribution in [0.1, 0.15) is 72.3 Å². The minimum atomic E-state index is -1.19. The third-order valence-electron chi connectivity index (χ3n) is 11.7. The Hall–Kier alpha value is -6.54. The fraction of sp³-hybridized carbons (Fsp3) is 0.388. The average molecular weight is 857 g/mol. The molecule has 1 aromatic heterocycles. The van der Waals surface area contributed by atoms with Crippen molar-refractivity contribution in [1.82, 2.24) is 25.4 Å². The lowest BCUT2D eigenvalue weighted by Gasteiger charge is -2.33. The molecule has 14 nitrogen and oxygen atoms in total. The number of carbonyl (C=O) groups is 5. The summed E-state index contributed by atoms with van der Waals surface area (Å²) in [7, 11) is 0. The van der Waals surface area contributed by atoms with Crippen LogP contribution in [-0.4, -0.2) is 95.0 Å². The lowest BCUT2D eigenvalue weighted by atomic mass is 9.85. The van der Waals surface area contributed by atoms with Gasteiger partial charge >= 0.3 is 12.2 Å². The summed E-state index contributed by atoms with van der Waals surface area (Å²) in [5.41, 5.74) is 9.40. The number of ether oxygens (including phenoxy) is 2. The summed E-state index contributed by atoms with van der Waals surface area (Å²) in [5.74, 6) is -2.35. The lowest BCUT2D eigenvalue weighted by Crippen LogP contribution is -2.57. The van der Waals surface area contributed by atoms with Crippen LogP contribution in [0, 0.1) is 5.92 Å². The summed E-state index contributed by atoms with van der Waals surface area (Å²) in [6, 6.07) is 32.2. The first kappa shape index (κ1) is 44.5. The van der Waals surface area contributed by atoms with Crippen LogP contribution in [0.15, 0.2) is 120 Å². The first-order chi connectivity index (χ1) is 30.7. The normalized spacial score (nSPS) is 17.2. The Morgan fingerprint density at radius 2 is 1.38 bits per heavy atom. The largest absolute Gasteiger partial charge is 0.445 e. The predicted molar refractivity (Wildman–Crippen MR) is 236 cm³/mol. The molecular weight excluding hydrogens is 801 g/mol. The van der Waals surface area contributed by atoms with E-state index in [1.165, 1.54) is 4.90 Å². The van der Waals surface area contributed by atoms with Gasteiger partial charge in [0, 0.05) is 19.5 Å². The van der Waals surface area contributed by atoms with E-state index in [9.17, 15) is 19.2 Å². The topological polar surface area (TPSA) is 186 Å². The number of carbonyl (C=O) groups excluding carboxylic acids is 5. The molecule has 330 valence electrons. The third-order valence-corrected chi connectivity index (χ3v) is 11.7. The number of aromatic nitrogens is 1. The molecule has 4 N–H and O–H groups in total. The fourth-order valence-corrected chi connectivity index (χ4v) is 8.42. The number of hydrogen-bond donors (Lipinski definition) is 3. The van der Waals surface area contributed by atoms with Crippen molar-refractivity contribution in [2.24, 2.45) is 11.7 Å². The van der Waals surface area contributed by atoms with E-state index in [1.807, 2.05) is 91.0 Å². The van der Waals surface area contributed by atoms with Crippen molar-refractivity contribution in [2.45, 2.75) is 88.6 Å². The van der Waals surface area contributed by atoms with Gasteiger partial charge in [-0.25, -0.2) is 14.6 Å². The molecule has 4 atom stereocenters. The van der Waals surface area contributed by atoms with Crippen LogP contribution in [-0.2, 0) is 38.5 Å². The summed E-state index contributed by atoms with van der Waals surface area (Å²) < 4.78 is 17.6. The third kappa shape index (κ3) is 12.1. The Labute approximate surface area is 367 Å². The Morgan fingerprint density at radius 3 is 2.02 bits per heavy atom. The van der Waals surface area contributed by atoms with Gasteiger partial charge < -0.3 is 40.1 Å². The van der Waals surface area contributed by atoms with E-state index in [1.54, 1.807) is 29.2 Å². The van der Waals surface area contributed by atoms with E-state index in [-0.39, 0.29) is 31.9 Å². The molecular formula is C49H56N6O8. The second-order valence-electron chi connectivity index (χ2n) is 16.3. The van der Waals surface area contributed by atoms with E-state index < -0.39 is 59.9 Å². The van der Waals surface area contributed by atoms with Gasteiger partial charge in [-0.2, -0.15) is 0 Å². The smallest absolute Gasteiger partial charge is 0.410 e. The van der Waals surface area contributed by atoms with Gasteiger partial charge in [0.25, 0.3) is 5.89 Å². The van der Waals surface area contributed by atoms with Gasteiger partial charge in [0.05, 0.1) is 12.6 Å². The molecule has 0 saturated carbocycles. The number of oxazole rings is 1. The number of benzene rings is 4. The van der Waals surface area contributed by atoms with Crippen LogP contribution in [0.3, 0.4) is 0 Å². The van der Waals surface area contributed by atoms with Crippen LogP contribution in [0.25, 0.3) is 11.1 Å². The van der Waals surface area contributed by atoms with E-state index in [2.05, 4.69) is 15.6 Å². The number of alkyl carbamates (subject to hydrolysis) is 1. The number of rotatable bonds is 18. The number of amides is 4. The van der Waals surface area contributed by atoms with Crippen LogP contribution >= 0.6 is 0 Å². The van der Waals surface area contributed by atoms with Crippen molar-refractivity contribution in [2.75, 3.05) is 26.2 Å². The lowest BCUT2D eigenvalue weighted by molar-refractivity contribution is -0.141. The van der Waals surface area contributed by atoms with Gasteiger partial charge in [-0.3, -0.25) is 14.4 Å². The zero-order valence-electron chi connectivity index (χ0n) is 35.4. The molecule has 63 heavy (non-hydrogen) atoms. The second-order valence-corrected chi connectivity index (χ2v) is 16.3. The maximum Gasteiger partial charge on any atom is 0.410 e. The molecule has 4 amide bonds. The first-order valence-corrected chi connectivity index (χ1v) is 22.0. The molecule has 7 rings (SSSR count). The number of nitrogens with one attached hydrogen (secondary N) is 2. The zero-order chi connectivity index (χ0) is 44.0. The van der Waals surface area contributed by atoms with E-state index in [0.29, 0.717) is 56.4 Å². The molecule has 0 spiro atoms. The molecule has 2 fully saturated rings. The van der Waals surface area contributed by atoms with Crippen molar-refractivity contribution in [3.05, 3.63) is 138 Å². The Balaban J connectivity index is 1.21. The molecule has 0 aliphatic carbocycles. The summed E-state index contributed by atoms with van der Waals surface area (Å²) in [4.78, 5) is 78.9. The maximum absolute atomic E-state index is 15.4. The van der Waals surface area contributed by atoms with Gasteiger partial charge in [-0.05, 0) is 92.7 Å². The van der Waals surface area contributed by atoms with Gasteiger partial charge in [0.2, 0.25) is 17.6 Å². The van der Waals surface area contributed by atoms with Crippen LogP contribution in [0.4, 0.5) is 9.59 Å².